The van der Waals surface area contributed by atoms with Crippen LogP contribution >= 0.6 is 11.3 Å². The number of carbonyl (C=O) groups is 2. The maximum Gasteiger partial charge on any atom is 0.279 e. The van der Waals surface area contributed by atoms with E-state index in [1.165, 1.54) is 27.8 Å². The fourth-order valence-electron chi connectivity index (χ4n) is 3.79. The number of benzene rings is 2. The third kappa shape index (κ3) is 5.17. The molecule has 168 valence electrons. The predicted octanol–water partition coefficient (Wildman–Crippen LogP) is 3.16. The summed E-state index contributed by atoms with van der Waals surface area (Å²) >= 11 is 1.46. The van der Waals surface area contributed by atoms with Crippen molar-refractivity contribution in [3.63, 3.8) is 0 Å². The number of nitrogens with one attached hydrogen (secondary N) is 3. The summed E-state index contributed by atoms with van der Waals surface area (Å²) in [5.74, 6) is -0.220. The molecule has 0 fully saturated rings. The van der Waals surface area contributed by atoms with Crippen LogP contribution in [0.3, 0.4) is 0 Å². The summed E-state index contributed by atoms with van der Waals surface area (Å²) < 4.78 is 27.5. The van der Waals surface area contributed by atoms with E-state index in [0.717, 1.165) is 30.0 Å². The van der Waals surface area contributed by atoms with E-state index in [0.29, 0.717) is 10.8 Å². The highest BCUT2D eigenvalue weighted by atomic mass is 32.2. The quantitative estimate of drug-likeness (QED) is 0.481. The van der Waals surface area contributed by atoms with Gasteiger partial charge < -0.3 is 0 Å². The molecule has 0 saturated heterocycles. The first-order valence-electron chi connectivity index (χ1n) is 10.5. The lowest BCUT2D eigenvalue weighted by molar-refractivity contribution is -0.121. The van der Waals surface area contributed by atoms with Gasteiger partial charge in [-0.1, -0.05) is 37.3 Å². The Hall–Kier alpha value is -2.75. The van der Waals surface area contributed by atoms with Crippen molar-refractivity contribution in [1.82, 2.24) is 15.6 Å². The van der Waals surface area contributed by atoms with E-state index in [9.17, 15) is 18.0 Å². The van der Waals surface area contributed by atoms with Crippen LogP contribution in [0.4, 0.5) is 0 Å². The highest BCUT2D eigenvalue weighted by Gasteiger charge is 2.21. The molecule has 32 heavy (non-hydrogen) atoms. The van der Waals surface area contributed by atoms with E-state index >= 15 is 0 Å². The van der Waals surface area contributed by atoms with Gasteiger partial charge in [-0.15, -0.1) is 11.3 Å². The number of hydrogen-bond acceptors (Lipinski definition) is 5. The minimum atomic E-state index is -3.74. The second-order valence-corrected chi connectivity index (χ2v) is 11.0. The summed E-state index contributed by atoms with van der Waals surface area (Å²) in [6.07, 6.45) is 2.98. The standard InChI is InChI=1S/C23H25N3O4S2/c1-15-6-9-20-18(12-15)14-21(31-20)23(28)26-25-22(27)10-11-24-32(29,30)19-8-7-16-4-2-3-5-17(16)13-19/h2-5,7-8,13-15,24H,6,9-12H2,1H3,(H,25,27)(H,26,28). The highest BCUT2D eigenvalue weighted by Crippen LogP contribution is 2.32. The highest BCUT2D eigenvalue weighted by molar-refractivity contribution is 7.89. The molecule has 1 aliphatic carbocycles. The Labute approximate surface area is 191 Å². The van der Waals surface area contributed by atoms with Gasteiger partial charge in [-0.3, -0.25) is 20.4 Å². The van der Waals surface area contributed by atoms with Crippen molar-refractivity contribution in [2.45, 2.75) is 37.5 Å². The van der Waals surface area contributed by atoms with E-state index in [4.69, 9.17) is 0 Å². The van der Waals surface area contributed by atoms with E-state index in [-0.39, 0.29) is 23.8 Å². The zero-order chi connectivity index (χ0) is 22.7. The largest absolute Gasteiger partial charge is 0.279 e. The van der Waals surface area contributed by atoms with Gasteiger partial charge in [0.05, 0.1) is 9.77 Å². The fourth-order valence-corrected chi connectivity index (χ4v) is 5.96. The van der Waals surface area contributed by atoms with Gasteiger partial charge in [0.15, 0.2) is 0 Å². The minimum absolute atomic E-state index is 0.0813. The van der Waals surface area contributed by atoms with E-state index in [1.54, 1.807) is 12.1 Å². The molecule has 0 radical (unpaired) electrons. The third-order valence-electron chi connectivity index (χ3n) is 5.54. The van der Waals surface area contributed by atoms with Gasteiger partial charge in [0.1, 0.15) is 0 Å². The predicted molar refractivity (Wildman–Crippen MR) is 125 cm³/mol. The summed E-state index contributed by atoms with van der Waals surface area (Å²) in [6.45, 7) is 2.12. The van der Waals surface area contributed by atoms with Crippen molar-refractivity contribution in [3.8, 4) is 0 Å². The van der Waals surface area contributed by atoms with Crippen molar-refractivity contribution in [1.29, 1.82) is 0 Å². The number of aryl methyl sites for hydroxylation is 1. The Morgan fingerprint density at radius 2 is 1.84 bits per heavy atom. The molecule has 2 amide bonds. The van der Waals surface area contributed by atoms with Crippen LogP contribution in [0.1, 0.15) is 39.9 Å². The topological polar surface area (TPSA) is 104 Å². The van der Waals surface area contributed by atoms with E-state index in [1.807, 2.05) is 30.3 Å². The number of hydrogen-bond donors (Lipinski definition) is 3. The zero-order valence-corrected chi connectivity index (χ0v) is 19.3. The third-order valence-corrected chi connectivity index (χ3v) is 8.24. The van der Waals surface area contributed by atoms with Gasteiger partial charge >= 0.3 is 0 Å². The average molecular weight is 472 g/mol. The molecule has 1 unspecified atom stereocenters. The van der Waals surface area contributed by atoms with Crippen molar-refractivity contribution >= 4 is 43.9 Å². The molecule has 1 atom stereocenters. The molecule has 7 nitrogen and oxygen atoms in total. The Morgan fingerprint density at radius 3 is 2.66 bits per heavy atom. The van der Waals surface area contributed by atoms with Crippen LogP contribution < -0.4 is 15.6 Å². The Balaban J connectivity index is 1.26. The van der Waals surface area contributed by atoms with E-state index < -0.39 is 15.9 Å². The van der Waals surface area contributed by atoms with Gasteiger partial charge in [0, 0.05) is 17.8 Å². The summed E-state index contributed by atoms with van der Waals surface area (Å²) in [5, 5.41) is 1.77. The van der Waals surface area contributed by atoms with Crippen molar-refractivity contribution in [2.24, 2.45) is 5.92 Å². The van der Waals surface area contributed by atoms with Gasteiger partial charge in [-0.05, 0) is 59.7 Å². The van der Waals surface area contributed by atoms with Crippen LogP contribution in [0.5, 0.6) is 0 Å². The normalized spacial score (nSPS) is 15.8. The molecular weight excluding hydrogens is 446 g/mol. The average Bonchev–Trinajstić information content (AvgIpc) is 3.20. The van der Waals surface area contributed by atoms with Gasteiger partial charge in [0.25, 0.3) is 5.91 Å². The molecule has 1 aliphatic rings. The lowest BCUT2D eigenvalue weighted by Crippen LogP contribution is -2.42. The maximum absolute atomic E-state index is 12.5. The molecule has 0 aliphatic heterocycles. The van der Waals surface area contributed by atoms with Crippen LogP contribution in [0.15, 0.2) is 53.4 Å². The first-order chi connectivity index (χ1) is 15.3. The molecule has 0 saturated carbocycles. The monoisotopic (exact) mass is 471 g/mol. The summed E-state index contributed by atoms with van der Waals surface area (Å²) in [6, 6.07) is 14.3. The van der Waals surface area contributed by atoms with E-state index in [2.05, 4.69) is 22.5 Å². The number of rotatable bonds is 6. The molecule has 9 heteroatoms. The minimum Gasteiger partial charge on any atom is -0.273 e. The second kappa shape index (κ2) is 9.40. The van der Waals surface area contributed by atoms with Crippen LogP contribution in [0, 0.1) is 5.92 Å². The first-order valence-corrected chi connectivity index (χ1v) is 12.8. The van der Waals surface area contributed by atoms with Crippen molar-refractivity contribution in [3.05, 3.63) is 63.8 Å². The smallest absolute Gasteiger partial charge is 0.273 e. The zero-order valence-electron chi connectivity index (χ0n) is 17.7. The molecular formula is C23H25N3O4S2. The van der Waals surface area contributed by atoms with Crippen LogP contribution in [-0.4, -0.2) is 26.8 Å². The number of hydrazine groups is 1. The van der Waals surface area contributed by atoms with Gasteiger partial charge in [-0.25, -0.2) is 13.1 Å². The van der Waals surface area contributed by atoms with Crippen LogP contribution in [0.25, 0.3) is 10.8 Å². The number of thiophene rings is 1. The summed E-state index contributed by atoms with van der Waals surface area (Å²) in [7, 11) is -3.74. The summed E-state index contributed by atoms with van der Waals surface area (Å²) in [4.78, 5) is 26.4. The Bertz CT molecular complexity index is 1270. The molecule has 1 heterocycles. The van der Waals surface area contributed by atoms with Crippen molar-refractivity contribution < 1.29 is 18.0 Å². The first kappa shape index (κ1) is 22.4. The lowest BCUT2D eigenvalue weighted by atomic mass is 9.90. The second-order valence-electron chi connectivity index (χ2n) is 8.07. The molecule has 3 N–H and O–H groups in total. The van der Waals surface area contributed by atoms with Gasteiger partial charge in [0.2, 0.25) is 15.9 Å². The molecule has 0 spiro atoms. The molecule has 3 aromatic rings. The fraction of sp³-hybridized carbons (Fsp3) is 0.304. The molecule has 4 rings (SSSR count). The Morgan fingerprint density at radius 1 is 1.06 bits per heavy atom. The summed E-state index contributed by atoms with van der Waals surface area (Å²) in [5.41, 5.74) is 5.98. The van der Waals surface area contributed by atoms with Crippen LogP contribution in [0.2, 0.25) is 0 Å². The SMILES string of the molecule is CC1CCc2sc(C(=O)NNC(=O)CCNS(=O)(=O)c3ccc4ccccc4c3)cc2C1. The number of sulfonamides is 1. The number of carbonyl (C=O) groups excluding carboxylic acids is 2. The molecule has 0 bridgehead atoms. The number of fused-ring (bicyclic) bond motifs is 2. The Kier molecular flexibility index (Phi) is 6.59. The van der Waals surface area contributed by atoms with Crippen molar-refractivity contribution in [2.75, 3.05) is 6.54 Å². The maximum atomic E-state index is 12.5. The van der Waals surface area contributed by atoms with Gasteiger partial charge in [-0.2, -0.15) is 0 Å². The van der Waals surface area contributed by atoms with Crippen LogP contribution in [-0.2, 0) is 27.7 Å². The molecule has 1 aromatic heterocycles. The number of amides is 2. The molecule has 2 aromatic carbocycles. The lowest BCUT2D eigenvalue weighted by Gasteiger charge is -2.16.